The molecule has 2 nitrogen and oxygen atoms in total. The van der Waals surface area contributed by atoms with Gasteiger partial charge >= 0.3 is 0 Å². The summed E-state index contributed by atoms with van der Waals surface area (Å²) in [4.78, 5) is 0. The molecule has 0 aliphatic rings. The first-order valence-electron chi connectivity index (χ1n) is 5.82. The third-order valence-corrected chi connectivity index (χ3v) is 3.66. The van der Waals surface area contributed by atoms with Gasteiger partial charge in [0.2, 0.25) is 0 Å². The maximum atomic E-state index is 5.19. The third-order valence-electron chi connectivity index (χ3n) is 2.80. The Morgan fingerprint density at radius 3 is 2.72 bits per heavy atom. The minimum Gasteiger partial charge on any atom is -0.497 e. The zero-order valence-corrected chi connectivity index (χ0v) is 12.1. The Kier molecular flexibility index (Phi) is 4.26. The van der Waals surface area contributed by atoms with E-state index in [0.717, 1.165) is 22.5 Å². The summed E-state index contributed by atoms with van der Waals surface area (Å²) in [7, 11) is 1.68. The van der Waals surface area contributed by atoms with E-state index in [9.17, 15) is 0 Å². The van der Waals surface area contributed by atoms with Crippen molar-refractivity contribution in [3.8, 4) is 5.75 Å². The number of methoxy groups -OCH3 is 1. The quantitative estimate of drug-likeness (QED) is 0.905. The van der Waals surface area contributed by atoms with Crippen molar-refractivity contribution >= 4 is 21.6 Å². The van der Waals surface area contributed by atoms with Crippen LogP contribution in [0.5, 0.6) is 5.75 Å². The molecule has 0 atom stereocenters. The molecule has 0 saturated carbocycles. The summed E-state index contributed by atoms with van der Waals surface area (Å²) in [5.74, 6) is 0.866. The molecule has 3 heteroatoms. The Balaban J connectivity index is 2.04. The number of aryl methyl sites for hydroxylation is 1. The Bertz CT molecular complexity index is 540. The zero-order chi connectivity index (χ0) is 13.0. The van der Waals surface area contributed by atoms with Gasteiger partial charge in [-0.2, -0.15) is 0 Å². The van der Waals surface area contributed by atoms with E-state index in [2.05, 4.69) is 46.4 Å². The lowest BCUT2D eigenvalue weighted by molar-refractivity contribution is 0.415. The van der Waals surface area contributed by atoms with Crippen molar-refractivity contribution in [1.82, 2.24) is 0 Å². The van der Waals surface area contributed by atoms with Gasteiger partial charge in [0.15, 0.2) is 0 Å². The number of anilines is 1. The van der Waals surface area contributed by atoms with Crippen molar-refractivity contribution in [2.45, 2.75) is 13.5 Å². The Morgan fingerprint density at radius 1 is 1.17 bits per heavy atom. The number of hydrogen-bond acceptors (Lipinski definition) is 2. The van der Waals surface area contributed by atoms with E-state index in [1.54, 1.807) is 7.11 Å². The molecule has 0 aromatic heterocycles. The summed E-state index contributed by atoms with van der Waals surface area (Å²) in [6.07, 6.45) is 0. The zero-order valence-electron chi connectivity index (χ0n) is 10.5. The Hall–Kier alpha value is -1.48. The van der Waals surface area contributed by atoms with Crippen LogP contribution in [0.1, 0.15) is 11.1 Å². The molecule has 0 bridgehead atoms. The fraction of sp³-hybridized carbons (Fsp3) is 0.200. The molecule has 0 spiro atoms. The maximum Gasteiger partial charge on any atom is 0.120 e. The van der Waals surface area contributed by atoms with Crippen LogP contribution in [0, 0.1) is 6.92 Å². The van der Waals surface area contributed by atoms with E-state index in [1.165, 1.54) is 11.1 Å². The lowest BCUT2D eigenvalue weighted by Gasteiger charge is -2.09. The summed E-state index contributed by atoms with van der Waals surface area (Å²) in [6, 6.07) is 14.3. The molecule has 2 aromatic rings. The van der Waals surface area contributed by atoms with Gasteiger partial charge in [0.05, 0.1) is 7.11 Å². The highest BCUT2D eigenvalue weighted by atomic mass is 79.9. The van der Waals surface area contributed by atoms with Crippen molar-refractivity contribution in [1.29, 1.82) is 0 Å². The Morgan fingerprint density at radius 2 is 2.00 bits per heavy atom. The molecule has 0 unspecified atom stereocenters. The first kappa shape index (κ1) is 13.0. The molecule has 2 rings (SSSR count). The normalized spacial score (nSPS) is 10.2. The molecule has 0 fully saturated rings. The van der Waals surface area contributed by atoms with E-state index in [-0.39, 0.29) is 0 Å². The molecule has 0 saturated heterocycles. The summed E-state index contributed by atoms with van der Waals surface area (Å²) < 4.78 is 6.34. The lowest BCUT2D eigenvalue weighted by Crippen LogP contribution is -1.99. The van der Waals surface area contributed by atoms with Crippen LogP contribution >= 0.6 is 15.9 Å². The van der Waals surface area contributed by atoms with Crippen LogP contribution in [0.4, 0.5) is 5.69 Å². The van der Waals surface area contributed by atoms with Gasteiger partial charge in [-0.1, -0.05) is 34.1 Å². The van der Waals surface area contributed by atoms with Gasteiger partial charge in [-0.3, -0.25) is 0 Å². The number of benzene rings is 2. The van der Waals surface area contributed by atoms with E-state index in [0.29, 0.717) is 0 Å². The summed E-state index contributed by atoms with van der Waals surface area (Å²) >= 11 is 3.55. The lowest BCUT2D eigenvalue weighted by atomic mass is 10.1. The van der Waals surface area contributed by atoms with Crippen LogP contribution in [0.3, 0.4) is 0 Å². The summed E-state index contributed by atoms with van der Waals surface area (Å²) in [5, 5.41) is 3.38. The van der Waals surface area contributed by atoms with Crippen LogP contribution in [0.2, 0.25) is 0 Å². The predicted octanol–water partition coefficient (Wildman–Crippen LogP) is 4.38. The minimum atomic E-state index is 0.798. The largest absolute Gasteiger partial charge is 0.497 e. The second kappa shape index (κ2) is 5.91. The van der Waals surface area contributed by atoms with E-state index < -0.39 is 0 Å². The van der Waals surface area contributed by atoms with Crippen LogP contribution < -0.4 is 10.1 Å². The standard InChI is InChI=1S/C15H16BrNO/c1-11-6-7-12(8-15(11)16)10-17-13-4-3-5-14(9-13)18-2/h3-9,17H,10H2,1-2H3. The van der Waals surface area contributed by atoms with Crippen molar-refractivity contribution in [3.63, 3.8) is 0 Å². The van der Waals surface area contributed by atoms with Crippen LogP contribution in [-0.2, 0) is 6.54 Å². The highest BCUT2D eigenvalue weighted by molar-refractivity contribution is 9.10. The van der Waals surface area contributed by atoms with Crippen molar-refractivity contribution in [2.24, 2.45) is 0 Å². The van der Waals surface area contributed by atoms with Crippen LogP contribution in [0.25, 0.3) is 0 Å². The molecule has 0 aliphatic heterocycles. The highest BCUT2D eigenvalue weighted by Gasteiger charge is 1.99. The second-order valence-electron chi connectivity index (χ2n) is 4.17. The van der Waals surface area contributed by atoms with Gasteiger partial charge in [-0.15, -0.1) is 0 Å². The average Bonchev–Trinajstić information content (AvgIpc) is 2.40. The number of nitrogens with one attached hydrogen (secondary N) is 1. The number of halogens is 1. The summed E-state index contributed by atoms with van der Waals surface area (Å²) in [5.41, 5.74) is 3.56. The number of ether oxygens (including phenoxy) is 1. The van der Waals surface area contributed by atoms with Gasteiger partial charge in [0.1, 0.15) is 5.75 Å². The van der Waals surface area contributed by atoms with E-state index in [4.69, 9.17) is 4.74 Å². The molecule has 18 heavy (non-hydrogen) atoms. The predicted molar refractivity (Wildman–Crippen MR) is 79.2 cm³/mol. The van der Waals surface area contributed by atoms with E-state index >= 15 is 0 Å². The number of rotatable bonds is 4. The first-order chi connectivity index (χ1) is 8.69. The minimum absolute atomic E-state index is 0.798. The fourth-order valence-corrected chi connectivity index (χ4v) is 2.11. The molecule has 0 heterocycles. The fourth-order valence-electron chi connectivity index (χ4n) is 1.68. The monoisotopic (exact) mass is 305 g/mol. The van der Waals surface area contributed by atoms with Crippen molar-refractivity contribution < 1.29 is 4.74 Å². The van der Waals surface area contributed by atoms with Crippen LogP contribution in [0.15, 0.2) is 46.9 Å². The SMILES string of the molecule is COc1cccc(NCc2ccc(C)c(Br)c2)c1. The molecule has 0 amide bonds. The average molecular weight is 306 g/mol. The molecular formula is C15H16BrNO. The number of hydrogen-bond donors (Lipinski definition) is 1. The molecule has 2 aromatic carbocycles. The van der Waals surface area contributed by atoms with Gasteiger partial charge in [0.25, 0.3) is 0 Å². The maximum absolute atomic E-state index is 5.19. The molecule has 0 radical (unpaired) electrons. The van der Waals surface area contributed by atoms with E-state index in [1.807, 2.05) is 24.3 Å². The highest BCUT2D eigenvalue weighted by Crippen LogP contribution is 2.20. The van der Waals surface area contributed by atoms with Crippen LogP contribution in [-0.4, -0.2) is 7.11 Å². The topological polar surface area (TPSA) is 21.3 Å². The van der Waals surface area contributed by atoms with Gasteiger partial charge < -0.3 is 10.1 Å². The molecule has 0 aliphatic carbocycles. The van der Waals surface area contributed by atoms with Gasteiger partial charge in [-0.05, 0) is 36.2 Å². The van der Waals surface area contributed by atoms with Gasteiger partial charge in [-0.25, -0.2) is 0 Å². The Labute approximate surface area is 116 Å². The van der Waals surface area contributed by atoms with Gasteiger partial charge in [0, 0.05) is 22.8 Å². The van der Waals surface area contributed by atoms with Crippen molar-refractivity contribution in [2.75, 3.05) is 12.4 Å². The molecule has 94 valence electrons. The smallest absolute Gasteiger partial charge is 0.120 e. The summed E-state index contributed by atoms with van der Waals surface area (Å²) in [6.45, 7) is 2.88. The first-order valence-corrected chi connectivity index (χ1v) is 6.61. The molecular weight excluding hydrogens is 290 g/mol. The van der Waals surface area contributed by atoms with Crippen molar-refractivity contribution in [3.05, 3.63) is 58.1 Å². The second-order valence-corrected chi connectivity index (χ2v) is 5.02. The third kappa shape index (κ3) is 3.26. The molecule has 1 N–H and O–H groups in total.